The summed E-state index contributed by atoms with van der Waals surface area (Å²) < 4.78 is 19.5. The van der Waals surface area contributed by atoms with Gasteiger partial charge in [0.1, 0.15) is 6.61 Å². The van der Waals surface area contributed by atoms with Crippen LogP contribution in [0.25, 0.3) is 10.9 Å². The summed E-state index contributed by atoms with van der Waals surface area (Å²) in [6.45, 7) is 2.47. The lowest BCUT2D eigenvalue weighted by atomic mass is 10.2. The first-order chi connectivity index (χ1) is 12.9. The van der Waals surface area contributed by atoms with Crippen LogP contribution >= 0.6 is 0 Å². The van der Waals surface area contributed by atoms with Crippen molar-refractivity contribution in [2.75, 3.05) is 37.9 Å². The molecule has 3 aromatic rings. The lowest BCUT2D eigenvalue weighted by Crippen LogP contribution is -2.20. The van der Waals surface area contributed by atoms with Gasteiger partial charge >= 0.3 is 6.01 Å². The second-order valence-electron chi connectivity index (χ2n) is 6.14. The molecule has 2 aromatic heterocycles. The highest BCUT2D eigenvalue weighted by molar-refractivity contribution is 5.99. The lowest BCUT2D eigenvalue weighted by molar-refractivity contribution is -0.114. The Morgan fingerprint density at radius 1 is 1.33 bits per heavy atom. The van der Waals surface area contributed by atoms with Crippen LogP contribution in [-0.2, 0) is 4.79 Å². The standard InChI is InChI=1S/C17H20FN7O2/c1-10(26)20-15-12-8-11(4-5-14(12)23-24-15)21-16-13(18)9-19-17(22-16)27-7-6-25(2)3/h4-5,8-9H,6-7H2,1-3H3,(H,19,21,22)(H2,20,23,24,26). The summed E-state index contributed by atoms with van der Waals surface area (Å²) in [4.78, 5) is 21.1. The van der Waals surface area contributed by atoms with E-state index in [4.69, 9.17) is 4.74 Å². The minimum atomic E-state index is -0.607. The van der Waals surface area contributed by atoms with Crippen molar-refractivity contribution in [2.45, 2.75) is 6.92 Å². The zero-order chi connectivity index (χ0) is 19.4. The van der Waals surface area contributed by atoms with E-state index in [0.717, 1.165) is 11.7 Å². The molecule has 0 aliphatic rings. The van der Waals surface area contributed by atoms with Gasteiger partial charge in [-0.25, -0.2) is 9.37 Å². The molecule has 27 heavy (non-hydrogen) atoms. The van der Waals surface area contributed by atoms with E-state index in [1.807, 2.05) is 19.0 Å². The number of nitrogens with one attached hydrogen (secondary N) is 3. The maximum atomic E-state index is 14.1. The largest absolute Gasteiger partial charge is 0.462 e. The molecule has 9 nitrogen and oxygen atoms in total. The molecule has 3 N–H and O–H groups in total. The predicted molar refractivity (Wildman–Crippen MR) is 99.7 cm³/mol. The molecule has 0 saturated heterocycles. The van der Waals surface area contributed by atoms with Crippen LogP contribution in [0.5, 0.6) is 6.01 Å². The third-order valence-corrected chi connectivity index (χ3v) is 3.61. The lowest BCUT2D eigenvalue weighted by Gasteiger charge is -2.11. The third-order valence-electron chi connectivity index (χ3n) is 3.61. The summed E-state index contributed by atoms with van der Waals surface area (Å²) in [5.74, 6) is -0.446. The van der Waals surface area contributed by atoms with E-state index in [9.17, 15) is 9.18 Å². The van der Waals surface area contributed by atoms with E-state index in [1.165, 1.54) is 6.92 Å². The van der Waals surface area contributed by atoms with E-state index >= 15 is 0 Å². The molecule has 0 atom stereocenters. The molecule has 0 radical (unpaired) electrons. The van der Waals surface area contributed by atoms with E-state index in [1.54, 1.807) is 18.2 Å². The Kier molecular flexibility index (Phi) is 5.46. The molecule has 0 bridgehead atoms. The van der Waals surface area contributed by atoms with Gasteiger partial charge in [-0.15, -0.1) is 0 Å². The second kappa shape index (κ2) is 7.96. The summed E-state index contributed by atoms with van der Waals surface area (Å²) in [6, 6.07) is 5.33. The Labute approximate surface area is 154 Å². The molecular formula is C17H20FN7O2. The number of carbonyl (C=O) groups is 1. The van der Waals surface area contributed by atoms with Crippen LogP contribution in [0.2, 0.25) is 0 Å². The predicted octanol–water partition coefficient (Wildman–Crippen LogP) is 2.13. The summed E-state index contributed by atoms with van der Waals surface area (Å²) >= 11 is 0. The van der Waals surface area contributed by atoms with Gasteiger partial charge in [-0.1, -0.05) is 0 Å². The van der Waals surface area contributed by atoms with Crippen LogP contribution < -0.4 is 15.4 Å². The zero-order valence-corrected chi connectivity index (χ0v) is 15.2. The molecule has 2 heterocycles. The van der Waals surface area contributed by atoms with Gasteiger partial charge in [0.25, 0.3) is 0 Å². The minimum Gasteiger partial charge on any atom is -0.462 e. The number of amides is 1. The van der Waals surface area contributed by atoms with E-state index in [-0.39, 0.29) is 17.7 Å². The molecule has 10 heteroatoms. The van der Waals surface area contributed by atoms with Gasteiger partial charge < -0.3 is 20.3 Å². The fourth-order valence-corrected chi connectivity index (χ4v) is 2.32. The molecule has 0 saturated carbocycles. The van der Waals surface area contributed by atoms with Crippen molar-refractivity contribution in [3.8, 4) is 6.01 Å². The van der Waals surface area contributed by atoms with Crippen LogP contribution in [-0.4, -0.2) is 58.2 Å². The Morgan fingerprint density at radius 3 is 2.89 bits per heavy atom. The smallest absolute Gasteiger partial charge is 0.318 e. The maximum absolute atomic E-state index is 14.1. The zero-order valence-electron chi connectivity index (χ0n) is 15.2. The van der Waals surface area contributed by atoms with Crippen molar-refractivity contribution in [3.63, 3.8) is 0 Å². The normalized spacial score (nSPS) is 11.0. The highest BCUT2D eigenvalue weighted by Crippen LogP contribution is 2.26. The molecule has 0 fully saturated rings. The molecule has 1 amide bonds. The van der Waals surface area contributed by atoms with Crippen LogP contribution in [0.15, 0.2) is 24.4 Å². The van der Waals surface area contributed by atoms with Crippen LogP contribution in [0, 0.1) is 5.82 Å². The number of fused-ring (bicyclic) bond motifs is 1. The summed E-state index contributed by atoms with van der Waals surface area (Å²) in [6.07, 6.45) is 1.06. The number of aromatic nitrogens is 4. The first kappa shape index (κ1) is 18.5. The first-order valence-electron chi connectivity index (χ1n) is 8.25. The number of aromatic amines is 1. The Morgan fingerprint density at radius 2 is 2.15 bits per heavy atom. The first-order valence-corrected chi connectivity index (χ1v) is 8.25. The van der Waals surface area contributed by atoms with Crippen molar-refractivity contribution in [2.24, 2.45) is 0 Å². The number of halogens is 1. The van der Waals surface area contributed by atoms with E-state index in [0.29, 0.717) is 30.0 Å². The monoisotopic (exact) mass is 373 g/mol. The van der Waals surface area contributed by atoms with E-state index in [2.05, 4.69) is 30.8 Å². The number of nitrogens with zero attached hydrogens (tertiary/aromatic N) is 4. The topological polar surface area (TPSA) is 108 Å². The molecule has 142 valence electrons. The van der Waals surface area contributed by atoms with Gasteiger partial charge in [0.05, 0.1) is 11.7 Å². The van der Waals surface area contributed by atoms with Gasteiger partial charge in [0.15, 0.2) is 17.5 Å². The van der Waals surface area contributed by atoms with Crippen molar-refractivity contribution in [3.05, 3.63) is 30.2 Å². The number of likely N-dealkylation sites (N-methyl/N-ethyl adjacent to an activating group) is 1. The molecule has 0 aliphatic carbocycles. The van der Waals surface area contributed by atoms with Crippen LogP contribution in [0.3, 0.4) is 0 Å². The Hall–Kier alpha value is -3.27. The van der Waals surface area contributed by atoms with Crippen molar-refractivity contribution in [1.29, 1.82) is 0 Å². The number of hydrogen-bond acceptors (Lipinski definition) is 7. The molecule has 1 aromatic carbocycles. The average Bonchev–Trinajstić information content (AvgIpc) is 2.99. The summed E-state index contributed by atoms with van der Waals surface area (Å²) in [5, 5.41) is 13.1. The number of ether oxygens (including phenoxy) is 1. The Balaban J connectivity index is 1.80. The molecule has 0 unspecified atom stereocenters. The summed E-state index contributed by atoms with van der Waals surface area (Å²) in [7, 11) is 3.84. The van der Waals surface area contributed by atoms with Gasteiger partial charge in [-0.05, 0) is 32.3 Å². The third kappa shape index (κ3) is 4.67. The maximum Gasteiger partial charge on any atom is 0.318 e. The average molecular weight is 373 g/mol. The SMILES string of the molecule is CC(=O)Nc1n[nH]c2ccc(Nc3nc(OCCN(C)C)ncc3F)cc12. The minimum absolute atomic E-state index is 0.00576. The van der Waals surface area contributed by atoms with Crippen molar-refractivity contribution in [1.82, 2.24) is 25.1 Å². The van der Waals surface area contributed by atoms with Crippen LogP contribution in [0.4, 0.5) is 21.7 Å². The molecule has 0 aliphatic heterocycles. The van der Waals surface area contributed by atoms with Gasteiger partial charge in [-0.3, -0.25) is 9.89 Å². The number of rotatable bonds is 7. The van der Waals surface area contributed by atoms with Crippen molar-refractivity contribution < 1.29 is 13.9 Å². The van der Waals surface area contributed by atoms with Gasteiger partial charge in [-0.2, -0.15) is 10.1 Å². The quantitative estimate of drug-likeness (QED) is 0.582. The second-order valence-corrected chi connectivity index (χ2v) is 6.14. The molecule has 3 rings (SSSR count). The number of benzene rings is 1. The highest BCUT2D eigenvalue weighted by atomic mass is 19.1. The van der Waals surface area contributed by atoms with Crippen LogP contribution in [0.1, 0.15) is 6.92 Å². The number of anilines is 3. The highest BCUT2D eigenvalue weighted by Gasteiger charge is 2.11. The summed E-state index contributed by atoms with van der Waals surface area (Å²) in [5.41, 5.74) is 1.31. The number of hydrogen-bond donors (Lipinski definition) is 3. The fourth-order valence-electron chi connectivity index (χ4n) is 2.32. The van der Waals surface area contributed by atoms with E-state index < -0.39 is 5.82 Å². The number of H-pyrrole nitrogens is 1. The fraction of sp³-hybridized carbons (Fsp3) is 0.294. The van der Waals surface area contributed by atoms with Gasteiger partial charge in [0.2, 0.25) is 5.91 Å². The molecule has 0 spiro atoms. The van der Waals surface area contributed by atoms with Gasteiger partial charge in [0, 0.05) is 24.5 Å². The van der Waals surface area contributed by atoms with Crippen molar-refractivity contribution >= 4 is 34.1 Å². The molecular weight excluding hydrogens is 353 g/mol. The number of carbonyl (C=O) groups excluding carboxylic acids is 1. The Bertz CT molecular complexity index is 958.